The maximum Gasteiger partial charge on any atom is 0.311 e. The van der Waals surface area contributed by atoms with Crippen LogP contribution >= 0.6 is 22.9 Å². The number of benzene rings is 1. The van der Waals surface area contributed by atoms with E-state index >= 15 is 0 Å². The Kier molecular flexibility index (Phi) is 5.58. The molecule has 0 radical (unpaired) electrons. The van der Waals surface area contributed by atoms with Crippen LogP contribution in [0.3, 0.4) is 0 Å². The zero-order valence-electron chi connectivity index (χ0n) is 13.9. The molecule has 0 saturated carbocycles. The highest BCUT2D eigenvalue weighted by atomic mass is 35.5. The van der Waals surface area contributed by atoms with Gasteiger partial charge in [0.2, 0.25) is 11.7 Å². The minimum absolute atomic E-state index is 0.0376. The molecule has 3 rings (SSSR count). The summed E-state index contributed by atoms with van der Waals surface area (Å²) in [5, 5.41) is 0. The first-order chi connectivity index (χ1) is 12.5. The van der Waals surface area contributed by atoms with E-state index in [1.807, 2.05) is 0 Å². The van der Waals surface area contributed by atoms with Crippen molar-refractivity contribution in [2.24, 2.45) is 5.92 Å². The average molecular weight is 394 g/mol. The first-order valence-electron chi connectivity index (χ1n) is 7.88. The summed E-state index contributed by atoms with van der Waals surface area (Å²) < 4.78 is 10.9. The Morgan fingerprint density at radius 1 is 1.27 bits per heavy atom. The average Bonchev–Trinajstić information content (AvgIpc) is 3.25. The first kappa shape index (κ1) is 18.4. The molecule has 1 aliphatic heterocycles. The normalized spacial score (nSPS) is 16.6. The number of carbonyl (C=O) groups excluding carboxylic acids is 3. The molecular formula is C18H16ClNO5S. The van der Waals surface area contributed by atoms with E-state index in [9.17, 15) is 14.4 Å². The third-order valence-corrected chi connectivity index (χ3v) is 5.30. The highest BCUT2D eigenvalue weighted by molar-refractivity contribution is 7.18. The van der Waals surface area contributed by atoms with Crippen molar-refractivity contribution < 1.29 is 23.9 Å². The molecular weight excluding hydrogens is 378 g/mol. The zero-order chi connectivity index (χ0) is 18.7. The molecule has 2 aromatic rings. The van der Waals surface area contributed by atoms with Gasteiger partial charge in [-0.15, -0.1) is 11.3 Å². The Bertz CT molecular complexity index is 850. The number of esters is 1. The Balaban J connectivity index is 1.61. The number of ether oxygens (including phenoxy) is 2. The number of carbonyl (C=O) groups is 3. The summed E-state index contributed by atoms with van der Waals surface area (Å²) in [6, 6.07) is 10.3. The van der Waals surface area contributed by atoms with E-state index in [2.05, 4.69) is 0 Å². The van der Waals surface area contributed by atoms with Crippen molar-refractivity contribution in [3.63, 3.8) is 0 Å². The van der Waals surface area contributed by atoms with E-state index in [0.29, 0.717) is 20.7 Å². The molecule has 1 atom stereocenters. The Hall–Kier alpha value is -2.38. The molecule has 136 valence electrons. The van der Waals surface area contributed by atoms with Gasteiger partial charge in [0.05, 0.1) is 27.9 Å². The molecule has 6 nitrogen and oxygen atoms in total. The molecule has 26 heavy (non-hydrogen) atoms. The van der Waals surface area contributed by atoms with Gasteiger partial charge in [-0.2, -0.15) is 0 Å². The van der Waals surface area contributed by atoms with Crippen LogP contribution in [0.2, 0.25) is 4.34 Å². The van der Waals surface area contributed by atoms with E-state index in [4.69, 9.17) is 21.1 Å². The van der Waals surface area contributed by atoms with Crippen molar-refractivity contribution in [2.75, 3.05) is 25.2 Å². The SMILES string of the molecule is COc1ccccc1N1C[C@@H](C(=O)OCC(=O)c2ccc(Cl)s2)CC1=O. The number of anilines is 1. The van der Waals surface area contributed by atoms with E-state index in [1.54, 1.807) is 36.4 Å². The van der Waals surface area contributed by atoms with E-state index in [0.717, 1.165) is 11.3 Å². The Labute approximate surface area is 159 Å². The quantitative estimate of drug-likeness (QED) is 0.556. The summed E-state index contributed by atoms with van der Waals surface area (Å²) in [4.78, 5) is 38.5. The minimum atomic E-state index is -0.618. The third-order valence-electron chi connectivity index (χ3n) is 4.03. The number of rotatable bonds is 6. The number of amides is 1. The lowest BCUT2D eigenvalue weighted by molar-refractivity contribution is -0.147. The predicted molar refractivity (Wildman–Crippen MR) is 98.1 cm³/mol. The van der Waals surface area contributed by atoms with Crippen LogP contribution in [0.25, 0.3) is 0 Å². The molecule has 0 N–H and O–H groups in total. The van der Waals surface area contributed by atoms with Crippen LogP contribution in [0.4, 0.5) is 5.69 Å². The van der Waals surface area contributed by atoms with Crippen LogP contribution in [0.15, 0.2) is 36.4 Å². The molecule has 1 saturated heterocycles. The minimum Gasteiger partial charge on any atom is -0.495 e. The molecule has 0 unspecified atom stereocenters. The number of para-hydroxylation sites is 2. The van der Waals surface area contributed by atoms with Crippen LogP contribution in [0.1, 0.15) is 16.1 Å². The molecule has 0 aliphatic carbocycles. The fraction of sp³-hybridized carbons (Fsp3) is 0.278. The number of ketones is 1. The van der Waals surface area contributed by atoms with Crippen LogP contribution < -0.4 is 9.64 Å². The second-order valence-corrected chi connectivity index (χ2v) is 7.43. The molecule has 1 fully saturated rings. The molecule has 0 spiro atoms. The number of halogens is 1. The molecule has 2 heterocycles. The summed E-state index contributed by atoms with van der Waals surface area (Å²) in [5.41, 5.74) is 0.611. The standard InChI is InChI=1S/C18H16ClNO5S/c1-24-14-5-3-2-4-12(14)20-9-11(8-17(20)22)18(23)25-10-13(21)15-6-7-16(19)26-15/h2-7,11H,8-10H2,1H3/t11-/m0/s1. The molecule has 8 heteroatoms. The van der Waals surface area contributed by atoms with Crippen molar-refractivity contribution in [3.05, 3.63) is 45.6 Å². The number of nitrogens with zero attached hydrogens (tertiary/aromatic N) is 1. The Morgan fingerprint density at radius 3 is 2.73 bits per heavy atom. The first-order valence-corrected chi connectivity index (χ1v) is 9.07. The van der Waals surface area contributed by atoms with Gasteiger partial charge in [-0.3, -0.25) is 14.4 Å². The fourth-order valence-electron chi connectivity index (χ4n) is 2.74. The highest BCUT2D eigenvalue weighted by Crippen LogP contribution is 2.33. The van der Waals surface area contributed by atoms with Gasteiger partial charge in [0.15, 0.2) is 6.61 Å². The molecule has 1 aromatic carbocycles. The highest BCUT2D eigenvalue weighted by Gasteiger charge is 2.37. The Morgan fingerprint density at radius 2 is 2.04 bits per heavy atom. The van der Waals surface area contributed by atoms with Gasteiger partial charge in [-0.05, 0) is 24.3 Å². The van der Waals surface area contributed by atoms with Gasteiger partial charge >= 0.3 is 5.97 Å². The number of thiophene rings is 1. The summed E-state index contributed by atoms with van der Waals surface area (Å²) in [6.45, 7) is -0.175. The van der Waals surface area contributed by atoms with Crippen LogP contribution in [-0.2, 0) is 14.3 Å². The topological polar surface area (TPSA) is 72.9 Å². The van der Waals surface area contributed by atoms with Crippen LogP contribution in [0.5, 0.6) is 5.75 Å². The summed E-state index contributed by atoms with van der Waals surface area (Å²) in [7, 11) is 1.52. The molecule has 1 aromatic heterocycles. The lowest BCUT2D eigenvalue weighted by Gasteiger charge is -2.19. The summed E-state index contributed by atoms with van der Waals surface area (Å²) in [6.07, 6.45) is 0.0376. The van der Waals surface area contributed by atoms with Gasteiger partial charge in [-0.25, -0.2) is 0 Å². The number of hydrogen-bond acceptors (Lipinski definition) is 6. The van der Waals surface area contributed by atoms with Gasteiger partial charge in [0.1, 0.15) is 5.75 Å². The zero-order valence-corrected chi connectivity index (χ0v) is 15.5. The van der Waals surface area contributed by atoms with Gasteiger partial charge in [0.25, 0.3) is 0 Å². The maximum absolute atomic E-state index is 12.3. The molecule has 1 aliphatic rings. The summed E-state index contributed by atoms with van der Waals surface area (Å²) in [5.74, 6) is -1.13. The van der Waals surface area contributed by atoms with E-state index in [-0.39, 0.29) is 31.3 Å². The number of Topliss-reactive ketones (excluding diaryl/α,β-unsaturated/α-hetero) is 1. The van der Waals surface area contributed by atoms with Crippen LogP contribution in [-0.4, -0.2) is 37.9 Å². The second kappa shape index (κ2) is 7.88. The van der Waals surface area contributed by atoms with Crippen molar-refractivity contribution in [1.29, 1.82) is 0 Å². The largest absolute Gasteiger partial charge is 0.495 e. The summed E-state index contributed by atoms with van der Waals surface area (Å²) >= 11 is 6.92. The van der Waals surface area contributed by atoms with Crippen molar-refractivity contribution >= 4 is 46.3 Å². The van der Waals surface area contributed by atoms with Gasteiger partial charge < -0.3 is 14.4 Å². The number of hydrogen-bond donors (Lipinski definition) is 0. The fourth-order valence-corrected chi connectivity index (χ4v) is 3.71. The number of methoxy groups -OCH3 is 1. The van der Waals surface area contributed by atoms with E-state index in [1.165, 1.54) is 12.0 Å². The van der Waals surface area contributed by atoms with Gasteiger partial charge in [0, 0.05) is 13.0 Å². The maximum atomic E-state index is 12.3. The predicted octanol–water partition coefficient (Wildman–Crippen LogP) is 3.19. The monoisotopic (exact) mass is 393 g/mol. The lowest BCUT2D eigenvalue weighted by atomic mass is 10.1. The molecule has 0 bridgehead atoms. The lowest BCUT2D eigenvalue weighted by Crippen LogP contribution is -2.27. The van der Waals surface area contributed by atoms with Crippen molar-refractivity contribution in [1.82, 2.24) is 0 Å². The van der Waals surface area contributed by atoms with Gasteiger partial charge in [-0.1, -0.05) is 23.7 Å². The third kappa shape index (κ3) is 3.89. The smallest absolute Gasteiger partial charge is 0.311 e. The van der Waals surface area contributed by atoms with Crippen LogP contribution in [0, 0.1) is 5.92 Å². The van der Waals surface area contributed by atoms with Crippen molar-refractivity contribution in [2.45, 2.75) is 6.42 Å². The van der Waals surface area contributed by atoms with Crippen molar-refractivity contribution in [3.8, 4) is 5.75 Å². The molecule has 1 amide bonds. The second-order valence-electron chi connectivity index (χ2n) is 5.71. The van der Waals surface area contributed by atoms with E-state index < -0.39 is 11.9 Å².